The lowest BCUT2D eigenvalue weighted by atomic mass is 9.97. The maximum atomic E-state index is 5.83. The molecule has 2 rings (SSSR count). The second kappa shape index (κ2) is 8.88. The first-order chi connectivity index (χ1) is 11.0. The van der Waals surface area contributed by atoms with Crippen LogP contribution in [0.1, 0.15) is 53.4 Å². The van der Waals surface area contributed by atoms with E-state index in [1.165, 1.54) is 25.9 Å². The van der Waals surface area contributed by atoms with E-state index in [1.807, 2.05) is 0 Å². The third kappa shape index (κ3) is 5.96. The van der Waals surface area contributed by atoms with Gasteiger partial charge >= 0.3 is 0 Å². The van der Waals surface area contributed by atoms with Crippen LogP contribution in [0.2, 0.25) is 0 Å². The maximum absolute atomic E-state index is 5.83. The average molecular weight is 325 g/mol. The van der Waals surface area contributed by atoms with Gasteiger partial charge < -0.3 is 20.3 Å². The fourth-order valence-corrected chi connectivity index (χ4v) is 3.52. The van der Waals surface area contributed by atoms with Gasteiger partial charge in [-0.05, 0) is 65.8 Å². The van der Waals surface area contributed by atoms with Gasteiger partial charge in [0.15, 0.2) is 5.96 Å². The van der Waals surface area contributed by atoms with Crippen molar-refractivity contribution in [3.63, 3.8) is 0 Å². The number of aliphatic imine (C=N–C) groups is 1. The molecule has 0 aliphatic carbocycles. The first kappa shape index (κ1) is 18.5. The Balaban J connectivity index is 1.81. The summed E-state index contributed by atoms with van der Waals surface area (Å²) in [5, 5.41) is 6.91. The molecule has 2 unspecified atom stereocenters. The number of likely N-dealkylation sites (tertiary alicyclic amines) is 1. The molecular formula is C18H36N4O. The Kier molecular flexibility index (Phi) is 7.15. The van der Waals surface area contributed by atoms with E-state index in [0.717, 1.165) is 45.0 Å². The quantitative estimate of drug-likeness (QED) is 0.581. The summed E-state index contributed by atoms with van der Waals surface area (Å²) in [6.07, 6.45) is 4.89. The standard InChI is InChI=1S/C18H36N4O/c1-5-19-17(21-14-18(4)9-7-11-23-18)20-12-16-8-6-10-22(13-16)15(2)3/h15-16H,5-14H2,1-4H3,(H2,19,20,21). The highest BCUT2D eigenvalue weighted by Gasteiger charge is 2.29. The van der Waals surface area contributed by atoms with Crippen LogP contribution in [0.25, 0.3) is 0 Å². The number of nitrogens with zero attached hydrogens (tertiary/aromatic N) is 2. The lowest BCUT2D eigenvalue weighted by Crippen LogP contribution is -2.46. The van der Waals surface area contributed by atoms with Gasteiger partial charge in [0, 0.05) is 32.3 Å². The molecule has 5 nitrogen and oxygen atoms in total. The fourth-order valence-electron chi connectivity index (χ4n) is 3.52. The Morgan fingerprint density at radius 2 is 2.17 bits per heavy atom. The highest BCUT2D eigenvalue weighted by molar-refractivity contribution is 5.79. The van der Waals surface area contributed by atoms with Crippen molar-refractivity contribution in [2.75, 3.05) is 39.3 Å². The number of nitrogens with one attached hydrogen (secondary N) is 2. The van der Waals surface area contributed by atoms with Crippen molar-refractivity contribution >= 4 is 5.96 Å². The van der Waals surface area contributed by atoms with Gasteiger partial charge in [0.05, 0.1) is 12.1 Å². The lowest BCUT2D eigenvalue weighted by molar-refractivity contribution is 0.0283. The molecule has 134 valence electrons. The van der Waals surface area contributed by atoms with E-state index in [9.17, 15) is 0 Å². The summed E-state index contributed by atoms with van der Waals surface area (Å²) in [5.74, 6) is 1.65. The van der Waals surface area contributed by atoms with Crippen LogP contribution in [0.4, 0.5) is 0 Å². The smallest absolute Gasteiger partial charge is 0.191 e. The molecule has 23 heavy (non-hydrogen) atoms. The number of ether oxygens (including phenoxy) is 1. The molecule has 0 spiro atoms. The van der Waals surface area contributed by atoms with Crippen molar-refractivity contribution in [1.29, 1.82) is 0 Å². The molecule has 2 fully saturated rings. The van der Waals surface area contributed by atoms with E-state index >= 15 is 0 Å². The largest absolute Gasteiger partial charge is 0.373 e. The molecule has 2 aliphatic heterocycles. The van der Waals surface area contributed by atoms with E-state index in [-0.39, 0.29) is 5.60 Å². The van der Waals surface area contributed by atoms with Gasteiger partial charge in [-0.25, -0.2) is 0 Å². The van der Waals surface area contributed by atoms with Gasteiger partial charge in [0.1, 0.15) is 0 Å². The van der Waals surface area contributed by atoms with Crippen LogP contribution in [0.3, 0.4) is 0 Å². The zero-order valence-corrected chi connectivity index (χ0v) is 15.5. The van der Waals surface area contributed by atoms with Crippen molar-refractivity contribution in [2.24, 2.45) is 10.9 Å². The van der Waals surface area contributed by atoms with E-state index in [2.05, 4.69) is 43.2 Å². The van der Waals surface area contributed by atoms with Crippen LogP contribution in [0.15, 0.2) is 4.99 Å². The van der Waals surface area contributed by atoms with Crippen LogP contribution in [-0.4, -0.2) is 61.8 Å². The minimum absolute atomic E-state index is 0.0678. The van der Waals surface area contributed by atoms with E-state index in [4.69, 9.17) is 9.73 Å². The Labute approximate surface area is 142 Å². The molecule has 2 heterocycles. The SMILES string of the molecule is CCNC(=NCC1(C)CCCO1)NCC1CCCN(C(C)C)C1. The fraction of sp³-hybridized carbons (Fsp3) is 0.944. The van der Waals surface area contributed by atoms with E-state index in [0.29, 0.717) is 12.0 Å². The molecule has 0 aromatic carbocycles. The molecule has 0 aromatic heterocycles. The summed E-state index contributed by atoms with van der Waals surface area (Å²) in [5.41, 5.74) is -0.0678. The number of piperidine rings is 1. The first-order valence-corrected chi connectivity index (χ1v) is 9.42. The Hall–Kier alpha value is -0.810. The number of guanidine groups is 1. The minimum atomic E-state index is -0.0678. The molecule has 0 bridgehead atoms. The Morgan fingerprint density at radius 1 is 1.35 bits per heavy atom. The number of hydrogen-bond donors (Lipinski definition) is 2. The summed E-state index contributed by atoms with van der Waals surface area (Å²) >= 11 is 0. The van der Waals surface area contributed by atoms with Gasteiger partial charge in [-0.2, -0.15) is 0 Å². The zero-order valence-electron chi connectivity index (χ0n) is 15.5. The Morgan fingerprint density at radius 3 is 2.83 bits per heavy atom. The van der Waals surface area contributed by atoms with Crippen molar-refractivity contribution in [1.82, 2.24) is 15.5 Å². The van der Waals surface area contributed by atoms with Gasteiger partial charge in [0.25, 0.3) is 0 Å². The first-order valence-electron chi connectivity index (χ1n) is 9.42. The van der Waals surface area contributed by atoms with E-state index < -0.39 is 0 Å². The normalized spacial score (nSPS) is 30.0. The summed E-state index contributed by atoms with van der Waals surface area (Å²) in [6, 6.07) is 0.652. The second-order valence-electron chi connectivity index (χ2n) is 7.57. The highest BCUT2D eigenvalue weighted by Crippen LogP contribution is 2.25. The predicted molar refractivity (Wildman–Crippen MR) is 97.0 cm³/mol. The van der Waals surface area contributed by atoms with Crippen molar-refractivity contribution in [3.8, 4) is 0 Å². The van der Waals surface area contributed by atoms with E-state index in [1.54, 1.807) is 0 Å². The summed E-state index contributed by atoms with van der Waals surface area (Å²) < 4.78 is 5.83. The Bertz CT molecular complexity index is 377. The van der Waals surface area contributed by atoms with Crippen LogP contribution in [-0.2, 0) is 4.74 Å². The maximum Gasteiger partial charge on any atom is 0.191 e. The van der Waals surface area contributed by atoms with Crippen molar-refractivity contribution in [2.45, 2.75) is 65.0 Å². The molecule has 2 aliphatic rings. The van der Waals surface area contributed by atoms with Gasteiger partial charge in [0.2, 0.25) is 0 Å². The molecule has 5 heteroatoms. The molecule has 2 saturated heterocycles. The molecule has 0 radical (unpaired) electrons. The van der Waals surface area contributed by atoms with Crippen LogP contribution in [0, 0.1) is 5.92 Å². The summed E-state index contributed by atoms with van der Waals surface area (Å²) in [6.45, 7) is 14.9. The van der Waals surface area contributed by atoms with Crippen molar-refractivity contribution in [3.05, 3.63) is 0 Å². The number of hydrogen-bond acceptors (Lipinski definition) is 3. The van der Waals surface area contributed by atoms with Gasteiger partial charge in [-0.15, -0.1) is 0 Å². The topological polar surface area (TPSA) is 48.9 Å². The molecular weight excluding hydrogens is 288 g/mol. The lowest BCUT2D eigenvalue weighted by Gasteiger charge is -2.35. The second-order valence-corrected chi connectivity index (χ2v) is 7.57. The third-order valence-corrected chi connectivity index (χ3v) is 5.06. The molecule has 0 amide bonds. The average Bonchev–Trinajstić information content (AvgIpc) is 2.97. The highest BCUT2D eigenvalue weighted by atomic mass is 16.5. The minimum Gasteiger partial charge on any atom is -0.373 e. The molecule has 2 N–H and O–H groups in total. The monoisotopic (exact) mass is 324 g/mol. The zero-order chi connectivity index (χ0) is 16.7. The van der Waals surface area contributed by atoms with Crippen LogP contribution in [0.5, 0.6) is 0 Å². The third-order valence-electron chi connectivity index (χ3n) is 5.06. The molecule has 0 aromatic rings. The predicted octanol–water partition coefficient (Wildman–Crippen LogP) is 2.23. The van der Waals surface area contributed by atoms with Crippen LogP contribution < -0.4 is 10.6 Å². The van der Waals surface area contributed by atoms with Gasteiger partial charge in [-0.3, -0.25) is 4.99 Å². The summed E-state index contributed by atoms with van der Waals surface area (Å²) in [4.78, 5) is 7.35. The van der Waals surface area contributed by atoms with Crippen molar-refractivity contribution < 1.29 is 4.74 Å². The number of rotatable bonds is 6. The van der Waals surface area contributed by atoms with Gasteiger partial charge in [-0.1, -0.05) is 0 Å². The molecule has 0 saturated carbocycles. The molecule has 2 atom stereocenters. The van der Waals surface area contributed by atoms with Crippen LogP contribution >= 0.6 is 0 Å². The summed E-state index contributed by atoms with van der Waals surface area (Å²) in [7, 11) is 0.